The van der Waals surface area contributed by atoms with Gasteiger partial charge in [-0.2, -0.15) is 0 Å². The Kier molecular flexibility index (Phi) is 6.30. The topological polar surface area (TPSA) is 113 Å². The zero-order valence-corrected chi connectivity index (χ0v) is 12.1. The predicted molar refractivity (Wildman–Crippen MR) is 80.0 cm³/mol. The van der Waals surface area contributed by atoms with Crippen molar-refractivity contribution >= 4 is 11.5 Å². The summed E-state index contributed by atoms with van der Waals surface area (Å²) >= 11 is 0. The van der Waals surface area contributed by atoms with Crippen molar-refractivity contribution in [3.63, 3.8) is 0 Å². The van der Waals surface area contributed by atoms with Crippen LogP contribution in [0.25, 0.3) is 0 Å². The second-order valence-corrected chi connectivity index (χ2v) is 4.94. The van der Waals surface area contributed by atoms with Gasteiger partial charge in [0.15, 0.2) is 0 Å². The first-order chi connectivity index (χ1) is 9.47. The zero-order chi connectivity index (χ0) is 15.1. The quantitative estimate of drug-likeness (QED) is 0.519. The SMILES string of the molecule is CCCCn1c(N)c(NCCCC(C)O)c(=O)[nH]c1=O. The molecule has 0 aromatic carbocycles. The largest absolute Gasteiger partial charge is 0.393 e. The highest BCUT2D eigenvalue weighted by molar-refractivity contribution is 5.60. The Morgan fingerprint density at radius 3 is 2.70 bits per heavy atom. The minimum atomic E-state index is -0.503. The molecule has 7 heteroatoms. The third-order valence-corrected chi connectivity index (χ3v) is 3.08. The molecule has 1 aromatic heterocycles. The summed E-state index contributed by atoms with van der Waals surface area (Å²) in [5.41, 5.74) is 5.15. The third kappa shape index (κ3) is 4.41. The summed E-state index contributed by atoms with van der Waals surface area (Å²) in [6.45, 7) is 4.73. The van der Waals surface area contributed by atoms with E-state index in [1.807, 2.05) is 6.92 Å². The maximum atomic E-state index is 11.8. The Morgan fingerprint density at radius 1 is 1.40 bits per heavy atom. The molecule has 0 aliphatic heterocycles. The zero-order valence-electron chi connectivity index (χ0n) is 12.1. The van der Waals surface area contributed by atoms with Gasteiger partial charge in [-0.15, -0.1) is 0 Å². The van der Waals surface area contributed by atoms with E-state index in [2.05, 4.69) is 10.3 Å². The van der Waals surface area contributed by atoms with Crippen LogP contribution in [0.4, 0.5) is 11.5 Å². The van der Waals surface area contributed by atoms with Crippen molar-refractivity contribution in [2.75, 3.05) is 17.6 Å². The van der Waals surface area contributed by atoms with Crippen LogP contribution in [-0.4, -0.2) is 27.3 Å². The molecule has 114 valence electrons. The minimum absolute atomic E-state index is 0.171. The lowest BCUT2D eigenvalue weighted by molar-refractivity contribution is 0.183. The number of aliphatic hydroxyl groups is 1. The van der Waals surface area contributed by atoms with Gasteiger partial charge in [-0.05, 0) is 26.2 Å². The maximum Gasteiger partial charge on any atom is 0.330 e. The molecule has 0 saturated carbocycles. The summed E-state index contributed by atoms with van der Waals surface area (Å²) in [5.74, 6) is 0.171. The Hall–Kier alpha value is -1.76. The summed E-state index contributed by atoms with van der Waals surface area (Å²) in [6.07, 6.45) is 2.73. The standard InChI is InChI=1S/C13H24N4O3/c1-3-4-8-17-11(14)10(12(19)16-13(17)20)15-7-5-6-9(2)18/h9,15,18H,3-8,14H2,1-2H3,(H,16,19,20). The predicted octanol–water partition coefficient (Wildman–Crippen LogP) is 0.492. The molecule has 0 bridgehead atoms. The number of nitrogen functional groups attached to an aromatic ring is 1. The molecule has 1 atom stereocenters. The number of H-pyrrole nitrogens is 1. The number of unbranched alkanes of at least 4 members (excludes halogenated alkanes) is 1. The van der Waals surface area contributed by atoms with Crippen LogP contribution in [0.2, 0.25) is 0 Å². The molecule has 0 saturated heterocycles. The van der Waals surface area contributed by atoms with E-state index in [4.69, 9.17) is 5.73 Å². The molecule has 0 aliphatic carbocycles. The number of nitrogens with zero attached hydrogens (tertiary/aromatic N) is 1. The normalized spacial score (nSPS) is 12.3. The van der Waals surface area contributed by atoms with Gasteiger partial charge in [-0.3, -0.25) is 14.3 Å². The van der Waals surface area contributed by atoms with Crippen LogP contribution in [0.15, 0.2) is 9.59 Å². The summed E-state index contributed by atoms with van der Waals surface area (Å²) in [4.78, 5) is 25.7. The fourth-order valence-corrected chi connectivity index (χ4v) is 1.91. The third-order valence-electron chi connectivity index (χ3n) is 3.08. The van der Waals surface area contributed by atoms with E-state index >= 15 is 0 Å². The molecule has 0 aliphatic rings. The Morgan fingerprint density at radius 2 is 2.10 bits per heavy atom. The van der Waals surface area contributed by atoms with Gasteiger partial charge in [0.1, 0.15) is 11.5 Å². The molecular formula is C13H24N4O3. The number of hydrogen-bond donors (Lipinski definition) is 4. The van der Waals surface area contributed by atoms with E-state index in [0.29, 0.717) is 25.9 Å². The second kappa shape index (κ2) is 7.74. The van der Waals surface area contributed by atoms with Crippen molar-refractivity contribution in [2.45, 2.75) is 52.2 Å². The first-order valence-electron chi connectivity index (χ1n) is 7.01. The van der Waals surface area contributed by atoms with E-state index < -0.39 is 11.2 Å². The highest BCUT2D eigenvalue weighted by atomic mass is 16.3. The number of aromatic nitrogens is 2. The fourth-order valence-electron chi connectivity index (χ4n) is 1.91. The van der Waals surface area contributed by atoms with Crippen molar-refractivity contribution in [1.29, 1.82) is 0 Å². The molecule has 20 heavy (non-hydrogen) atoms. The van der Waals surface area contributed by atoms with Gasteiger partial charge in [0.25, 0.3) is 5.56 Å². The number of rotatable bonds is 8. The first kappa shape index (κ1) is 16.3. The summed E-state index contributed by atoms with van der Waals surface area (Å²) in [7, 11) is 0. The monoisotopic (exact) mass is 284 g/mol. The molecular weight excluding hydrogens is 260 g/mol. The molecule has 7 nitrogen and oxygen atoms in total. The van der Waals surface area contributed by atoms with Crippen LogP contribution in [0.1, 0.15) is 39.5 Å². The van der Waals surface area contributed by atoms with Gasteiger partial charge in [0.05, 0.1) is 6.10 Å². The Balaban J connectivity index is 2.84. The number of nitrogens with two attached hydrogens (primary N) is 1. The molecule has 5 N–H and O–H groups in total. The lowest BCUT2D eigenvalue weighted by Crippen LogP contribution is -2.34. The molecule has 1 heterocycles. The molecule has 1 rings (SSSR count). The first-order valence-corrected chi connectivity index (χ1v) is 7.01. The Bertz CT molecular complexity index is 533. The van der Waals surface area contributed by atoms with E-state index in [1.54, 1.807) is 6.92 Å². The van der Waals surface area contributed by atoms with E-state index in [0.717, 1.165) is 12.8 Å². The number of aromatic amines is 1. The molecule has 0 amide bonds. The molecule has 0 fully saturated rings. The van der Waals surface area contributed by atoms with E-state index in [9.17, 15) is 14.7 Å². The average molecular weight is 284 g/mol. The van der Waals surface area contributed by atoms with Gasteiger partial charge in [-0.25, -0.2) is 4.79 Å². The summed E-state index contributed by atoms with van der Waals surface area (Å²) in [5, 5.41) is 12.1. The van der Waals surface area contributed by atoms with Crippen molar-refractivity contribution < 1.29 is 5.11 Å². The van der Waals surface area contributed by atoms with E-state index in [1.165, 1.54) is 4.57 Å². The molecule has 0 radical (unpaired) electrons. The number of hydrogen-bond acceptors (Lipinski definition) is 5. The molecule has 1 unspecified atom stereocenters. The van der Waals surface area contributed by atoms with Crippen LogP contribution < -0.4 is 22.3 Å². The molecule has 0 spiro atoms. The van der Waals surface area contributed by atoms with Gasteiger partial charge in [0, 0.05) is 13.1 Å². The van der Waals surface area contributed by atoms with Crippen molar-refractivity contribution in [3.05, 3.63) is 20.8 Å². The van der Waals surface area contributed by atoms with Crippen molar-refractivity contribution in [1.82, 2.24) is 9.55 Å². The lowest BCUT2D eigenvalue weighted by atomic mass is 10.2. The minimum Gasteiger partial charge on any atom is -0.393 e. The Labute approximate surface area is 117 Å². The summed E-state index contributed by atoms with van der Waals surface area (Å²) < 4.78 is 1.38. The average Bonchev–Trinajstić information content (AvgIpc) is 2.37. The highest BCUT2D eigenvalue weighted by Gasteiger charge is 2.11. The fraction of sp³-hybridized carbons (Fsp3) is 0.692. The summed E-state index contributed by atoms with van der Waals surface area (Å²) in [6, 6.07) is 0. The van der Waals surface area contributed by atoms with Crippen molar-refractivity contribution in [3.8, 4) is 0 Å². The van der Waals surface area contributed by atoms with Crippen LogP contribution in [0.5, 0.6) is 0 Å². The van der Waals surface area contributed by atoms with Crippen LogP contribution in [-0.2, 0) is 6.54 Å². The highest BCUT2D eigenvalue weighted by Crippen LogP contribution is 2.11. The van der Waals surface area contributed by atoms with Gasteiger partial charge < -0.3 is 16.2 Å². The van der Waals surface area contributed by atoms with Gasteiger partial charge in [0.2, 0.25) is 0 Å². The van der Waals surface area contributed by atoms with Crippen molar-refractivity contribution in [2.24, 2.45) is 0 Å². The van der Waals surface area contributed by atoms with E-state index in [-0.39, 0.29) is 17.6 Å². The van der Waals surface area contributed by atoms with Gasteiger partial charge in [-0.1, -0.05) is 13.3 Å². The van der Waals surface area contributed by atoms with Gasteiger partial charge >= 0.3 is 5.69 Å². The number of aliphatic hydroxyl groups excluding tert-OH is 1. The molecule has 1 aromatic rings. The number of anilines is 2. The van der Waals surface area contributed by atoms with Crippen LogP contribution in [0, 0.1) is 0 Å². The number of nitrogens with one attached hydrogen (secondary N) is 2. The van der Waals surface area contributed by atoms with Crippen LogP contribution in [0.3, 0.4) is 0 Å². The van der Waals surface area contributed by atoms with Crippen LogP contribution >= 0.6 is 0 Å². The lowest BCUT2D eigenvalue weighted by Gasteiger charge is -2.13. The smallest absolute Gasteiger partial charge is 0.330 e. The second-order valence-electron chi connectivity index (χ2n) is 4.94. The maximum absolute atomic E-state index is 11.8.